The maximum atomic E-state index is 14.3. The number of hydrogen-bond donors (Lipinski definition) is 1. The number of carbonyl (C=O) groups excluding carboxylic acids is 2. The van der Waals surface area contributed by atoms with Crippen LogP contribution in [0.3, 0.4) is 0 Å². The normalized spacial score (nSPS) is 15.0. The Morgan fingerprint density at radius 1 is 0.750 bits per heavy atom. The molecule has 1 aromatic carbocycles. The molecule has 0 saturated heterocycles. The standard InChI is InChI=1S/C19H16F13NO3/c1-9(2)36-13(35)11(33-12(34)10-6-4-3-5-7-10)8-14(20,21)15(22,23)16(24,25)17(26,27)18(28,29)19(30,31)32/h3-7,9,11H,8H2,1-2H3,(H,33,34). The monoisotopic (exact) mass is 553 g/mol. The van der Waals surface area contributed by atoms with Gasteiger partial charge in [-0.05, 0) is 26.0 Å². The second-order valence-electron chi connectivity index (χ2n) is 7.58. The van der Waals surface area contributed by atoms with E-state index in [2.05, 4.69) is 4.74 Å². The van der Waals surface area contributed by atoms with E-state index in [0.29, 0.717) is 0 Å². The molecule has 1 unspecified atom stereocenters. The van der Waals surface area contributed by atoms with Gasteiger partial charge in [0.2, 0.25) is 0 Å². The Labute approximate surface area is 193 Å². The molecule has 0 aliphatic rings. The van der Waals surface area contributed by atoms with Crippen molar-refractivity contribution in [3.63, 3.8) is 0 Å². The first-order valence-electron chi connectivity index (χ1n) is 9.46. The fourth-order valence-corrected chi connectivity index (χ4v) is 2.53. The van der Waals surface area contributed by atoms with Crippen molar-refractivity contribution >= 4 is 11.9 Å². The Bertz CT molecular complexity index is 930. The molecule has 0 aliphatic carbocycles. The van der Waals surface area contributed by atoms with Crippen molar-refractivity contribution in [2.45, 2.75) is 68.2 Å². The summed E-state index contributed by atoms with van der Waals surface area (Å²) >= 11 is 0. The molecule has 0 fully saturated rings. The van der Waals surface area contributed by atoms with Crippen molar-refractivity contribution in [3.8, 4) is 0 Å². The Morgan fingerprint density at radius 2 is 1.19 bits per heavy atom. The summed E-state index contributed by atoms with van der Waals surface area (Å²) in [4.78, 5) is 24.2. The molecule has 0 saturated carbocycles. The summed E-state index contributed by atoms with van der Waals surface area (Å²) in [7, 11) is 0. The number of rotatable bonds is 10. The molecule has 0 spiro atoms. The Balaban J connectivity index is 3.45. The largest absolute Gasteiger partial charge is 0.461 e. The summed E-state index contributed by atoms with van der Waals surface area (Å²) in [6.07, 6.45) is -11.7. The average molecular weight is 553 g/mol. The molecule has 4 nitrogen and oxygen atoms in total. The van der Waals surface area contributed by atoms with Crippen LogP contribution >= 0.6 is 0 Å². The lowest BCUT2D eigenvalue weighted by molar-refractivity contribution is -0.440. The summed E-state index contributed by atoms with van der Waals surface area (Å²) in [5, 5.41) is 1.42. The lowest BCUT2D eigenvalue weighted by Gasteiger charge is -2.40. The number of nitrogens with one attached hydrogen (secondary N) is 1. The van der Waals surface area contributed by atoms with Gasteiger partial charge >= 0.3 is 41.8 Å². The van der Waals surface area contributed by atoms with E-state index >= 15 is 0 Å². The van der Waals surface area contributed by atoms with Gasteiger partial charge < -0.3 is 10.1 Å². The zero-order valence-corrected chi connectivity index (χ0v) is 17.9. The number of carbonyl (C=O) groups is 2. The zero-order chi connectivity index (χ0) is 28.5. The number of esters is 1. The van der Waals surface area contributed by atoms with Crippen LogP contribution in [-0.2, 0) is 9.53 Å². The number of benzene rings is 1. The number of halogens is 13. The van der Waals surface area contributed by atoms with Crippen LogP contribution < -0.4 is 5.32 Å². The van der Waals surface area contributed by atoms with Gasteiger partial charge in [-0.2, -0.15) is 57.1 Å². The van der Waals surface area contributed by atoms with Crippen LogP contribution in [0.2, 0.25) is 0 Å². The number of hydrogen-bond acceptors (Lipinski definition) is 3. The summed E-state index contributed by atoms with van der Waals surface area (Å²) in [5.74, 6) is -41.6. The van der Waals surface area contributed by atoms with Gasteiger partial charge in [0, 0.05) is 12.0 Å². The maximum Gasteiger partial charge on any atom is 0.460 e. The quantitative estimate of drug-likeness (QED) is 0.292. The third-order valence-electron chi connectivity index (χ3n) is 4.44. The molecule has 206 valence electrons. The highest BCUT2D eigenvalue weighted by Gasteiger charge is 2.90. The fourth-order valence-electron chi connectivity index (χ4n) is 2.53. The summed E-state index contributed by atoms with van der Waals surface area (Å²) in [6.45, 7) is 2.18. The second kappa shape index (κ2) is 9.95. The molecular weight excluding hydrogens is 537 g/mol. The van der Waals surface area contributed by atoms with Crippen LogP contribution in [0, 0.1) is 0 Å². The number of ether oxygens (including phenoxy) is 1. The SMILES string of the molecule is CC(C)OC(=O)C(CC(F)(F)C(F)(F)C(F)(F)C(F)(F)C(F)(F)C(F)(F)F)NC(=O)c1ccccc1. The lowest BCUT2D eigenvalue weighted by atomic mass is 9.91. The molecular formula is C19H16F13NO3. The molecule has 1 aromatic rings. The highest BCUT2D eigenvalue weighted by atomic mass is 19.4. The minimum Gasteiger partial charge on any atom is -0.461 e. The topological polar surface area (TPSA) is 55.4 Å². The highest BCUT2D eigenvalue weighted by molar-refractivity contribution is 5.96. The van der Waals surface area contributed by atoms with Gasteiger partial charge in [0.1, 0.15) is 6.04 Å². The van der Waals surface area contributed by atoms with Crippen molar-refractivity contribution in [1.82, 2.24) is 5.32 Å². The molecule has 1 N–H and O–H groups in total. The molecule has 0 radical (unpaired) electrons. The predicted octanol–water partition coefficient (Wildman–Crippen LogP) is 5.87. The minimum atomic E-state index is -8.08. The molecule has 1 rings (SSSR count). The van der Waals surface area contributed by atoms with Gasteiger partial charge in [0.15, 0.2) is 0 Å². The van der Waals surface area contributed by atoms with Crippen molar-refractivity contribution < 1.29 is 71.4 Å². The van der Waals surface area contributed by atoms with Crippen LogP contribution in [0.25, 0.3) is 0 Å². The zero-order valence-electron chi connectivity index (χ0n) is 17.9. The van der Waals surface area contributed by atoms with E-state index in [4.69, 9.17) is 0 Å². The molecule has 36 heavy (non-hydrogen) atoms. The summed E-state index contributed by atoms with van der Waals surface area (Å²) in [6, 6.07) is 2.84. The van der Waals surface area contributed by atoms with E-state index < -0.39 is 71.8 Å². The van der Waals surface area contributed by atoms with E-state index in [9.17, 15) is 66.7 Å². The highest BCUT2D eigenvalue weighted by Crippen LogP contribution is 2.60. The first-order valence-corrected chi connectivity index (χ1v) is 9.46. The fraction of sp³-hybridized carbons (Fsp3) is 0.579. The average Bonchev–Trinajstić information content (AvgIpc) is 2.71. The lowest BCUT2D eigenvalue weighted by Crippen LogP contribution is -2.70. The van der Waals surface area contributed by atoms with Gasteiger partial charge in [-0.1, -0.05) is 18.2 Å². The van der Waals surface area contributed by atoms with E-state index in [1.807, 2.05) is 0 Å². The number of alkyl halides is 13. The van der Waals surface area contributed by atoms with Crippen LogP contribution in [0.15, 0.2) is 30.3 Å². The van der Waals surface area contributed by atoms with Crippen LogP contribution in [0.5, 0.6) is 0 Å². The van der Waals surface area contributed by atoms with Gasteiger partial charge in [-0.3, -0.25) is 4.79 Å². The van der Waals surface area contributed by atoms with E-state index in [0.717, 1.165) is 26.0 Å². The molecule has 0 aliphatic heterocycles. The Kier molecular flexibility index (Phi) is 8.65. The first kappa shape index (κ1) is 31.3. The van der Waals surface area contributed by atoms with Crippen molar-refractivity contribution in [2.24, 2.45) is 0 Å². The smallest absolute Gasteiger partial charge is 0.460 e. The van der Waals surface area contributed by atoms with Crippen molar-refractivity contribution in [2.75, 3.05) is 0 Å². The molecule has 1 amide bonds. The Hall–Kier alpha value is -2.75. The predicted molar refractivity (Wildman–Crippen MR) is 94.3 cm³/mol. The summed E-state index contributed by atoms with van der Waals surface area (Å²) in [5.41, 5.74) is -0.392. The van der Waals surface area contributed by atoms with Crippen molar-refractivity contribution in [3.05, 3.63) is 35.9 Å². The van der Waals surface area contributed by atoms with Crippen LogP contribution in [0.4, 0.5) is 57.1 Å². The minimum absolute atomic E-state index is 0.392. The second-order valence-corrected chi connectivity index (χ2v) is 7.58. The first-order chi connectivity index (χ1) is 15.9. The van der Waals surface area contributed by atoms with Gasteiger partial charge in [0.05, 0.1) is 6.10 Å². The van der Waals surface area contributed by atoms with E-state index in [-0.39, 0.29) is 0 Å². The van der Waals surface area contributed by atoms with Crippen LogP contribution in [-0.4, -0.2) is 59.8 Å². The molecule has 0 bridgehead atoms. The maximum absolute atomic E-state index is 14.3. The molecule has 0 heterocycles. The third kappa shape index (κ3) is 5.63. The molecule has 1 atom stereocenters. The van der Waals surface area contributed by atoms with Crippen molar-refractivity contribution in [1.29, 1.82) is 0 Å². The third-order valence-corrected chi connectivity index (χ3v) is 4.44. The van der Waals surface area contributed by atoms with Crippen LogP contribution in [0.1, 0.15) is 30.6 Å². The molecule has 0 aromatic heterocycles. The van der Waals surface area contributed by atoms with E-state index in [1.165, 1.54) is 23.5 Å². The van der Waals surface area contributed by atoms with E-state index in [1.54, 1.807) is 0 Å². The van der Waals surface area contributed by atoms with Gasteiger partial charge in [0.25, 0.3) is 5.91 Å². The molecule has 17 heteroatoms. The number of amides is 1. The van der Waals surface area contributed by atoms with Gasteiger partial charge in [-0.25, -0.2) is 4.79 Å². The van der Waals surface area contributed by atoms with Gasteiger partial charge in [-0.15, -0.1) is 0 Å². The summed E-state index contributed by atoms with van der Waals surface area (Å²) < 4.78 is 178. The Morgan fingerprint density at radius 3 is 1.61 bits per heavy atom.